The first-order valence-electron chi connectivity index (χ1n) is 4.54. The number of carbonyl (C=O) groups excluding carboxylic acids is 2. The largest absolute Gasteiger partial charge is 0.507 e. The summed E-state index contributed by atoms with van der Waals surface area (Å²) in [7, 11) is 1.21. The second-order valence-electron chi connectivity index (χ2n) is 3.00. The maximum atomic E-state index is 11.3. The van der Waals surface area contributed by atoms with Crippen LogP contribution in [0.25, 0.3) is 0 Å². The maximum Gasteiger partial charge on any atom is 0.341 e. The quantitative estimate of drug-likeness (QED) is 0.395. The predicted octanol–water partition coefficient (Wildman–Crippen LogP) is 0.181. The normalized spacial score (nSPS) is 10.2. The van der Waals surface area contributed by atoms with Crippen molar-refractivity contribution in [3.05, 3.63) is 29.3 Å². The number of ether oxygens (including phenoxy) is 1. The van der Waals surface area contributed by atoms with Gasteiger partial charge in [-0.1, -0.05) is 0 Å². The van der Waals surface area contributed by atoms with E-state index >= 15 is 0 Å². The Bertz CT molecular complexity index is 471. The lowest BCUT2D eigenvalue weighted by Gasteiger charge is -2.03. The van der Waals surface area contributed by atoms with Crippen molar-refractivity contribution in [3.8, 4) is 5.75 Å². The number of amides is 2. The third-order valence-electron chi connectivity index (χ3n) is 1.81. The number of hydrazone groups is 1. The fourth-order valence-electron chi connectivity index (χ4n) is 1.08. The Balaban J connectivity index is 2.92. The van der Waals surface area contributed by atoms with Gasteiger partial charge in [0, 0.05) is 0 Å². The second kappa shape index (κ2) is 5.50. The predicted molar refractivity (Wildman–Crippen MR) is 59.8 cm³/mol. The Kier molecular flexibility index (Phi) is 4.04. The van der Waals surface area contributed by atoms with Crippen LogP contribution < -0.4 is 11.2 Å². The van der Waals surface area contributed by atoms with Gasteiger partial charge in [-0.05, 0) is 23.8 Å². The zero-order valence-corrected chi connectivity index (χ0v) is 9.01. The van der Waals surface area contributed by atoms with E-state index in [9.17, 15) is 14.7 Å². The highest BCUT2D eigenvalue weighted by atomic mass is 16.5. The van der Waals surface area contributed by atoms with Gasteiger partial charge in [0.25, 0.3) is 0 Å². The molecule has 1 aromatic carbocycles. The Labute approximate surface area is 96.9 Å². The minimum atomic E-state index is -0.798. The number of carbonyl (C=O) groups is 2. The van der Waals surface area contributed by atoms with E-state index in [0.29, 0.717) is 5.56 Å². The van der Waals surface area contributed by atoms with Crippen molar-refractivity contribution in [1.82, 2.24) is 5.43 Å². The molecule has 90 valence electrons. The van der Waals surface area contributed by atoms with E-state index < -0.39 is 12.0 Å². The van der Waals surface area contributed by atoms with Gasteiger partial charge in [-0.3, -0.25) is 0 Å². The number of phenols is 1. The van der Waals surface area contributed by atoms with Crippen LogP contribution in [0.2, 0.25) is 0 Å². The smallest absolute Gasteiger partial charge is 0.341 e. The molecule has 0 saturated heterocycles. The van der Waals surface area contributed by atoms with Crippen LogP contribution in [-0.2, 0) is 4.74 Å². The van der Waals surface area contributed by atoms with Crippen molar-refractivity contribution in [2.24, 2.45) is 10.8 Å². The molecule has 1 rings (SSSR count). The number of phenolic OH excluding ortho intramolecular Hbond substituents is 1. The van der Waals surface area contributed by atoms with E-state index in [4.69, 9.17) is 5.73 Å². The Hall–Kier alpha value is -2.57. The summed E-state index contributed by atoms with van der Waals surface area (Å²) in [4.78, 5) is 21.6. The molecule has 7 heteroatoms. The summed E-state index contributed by atoms with van der Waals surface area (Å²) in [6, 6.07) is 3.40. The first kappa shape index (κ1) is 12.5. The third-order valence-corrected chi connectivity index (χ3v) is 1.81. The first-order chi connectivity index (χ1) is 8.04. The fourth-order valence-corrected chi connectivity index (χ4v) is 1.08. The molecule has 0 radical (unpaired) electrons. The van der Waals surface area contributed by atoms with Crippen molar-refractivity contribution < 1.29 is 19.4 Å². The summed E-state index contributed by atoms with van der Waals surface area (Å²) in [5, 5.41) is 12.9. The van der Waals surface area contributed by atoms with E-state index in [0.717, 1.165) is 0 Å². The van der Waals surface area contributed by atoms with Crippen LogP contribution in [0.15, 0.2) is 23.3 Å². The number of primary amides is 1. The number of nitrogens with one attached hydrogen (secondary N) is 1. The molecule has 1 aromatic rings. The summed E-state index contributed by atoms with van der Waals surface area (Å²) in [6.07, 6.45) is 1.27. The van der Waals surface area contributed by atoms with Crippen LogP contribution >= 0.6 is 0 Å². The first-order valence-corrected chi connectivity index (χ1v) is 4.54. The molecule has 17 heavy (non-hydrogen) atoms. The number of esters is 1. The van der Waals surface area contributed by atoms with Crippen molar-refractivity contribution in [2.75, 3.05) is 7.11 Å². The molecule has 0 fully saturated rings. The number of nitrogens with two attached hydrogens (primary N) is 1. The van der Waals surface area contributed by atoms with E-state index in [1.807, 2.05) is 5.43 Å². The average Bonchev–Trinajstić information content (AvgIpc) is 2.30. The fraction of sp³-hybridized carbons (Fsp3) is 0.100. The topological polar surface area (TPSA) is 114 Å². The molecule has 0 aromatic heterocycles. The monoisotopic (exact) mass is 237 g/mol. The van der Waals surface area contributed by atoms with Gasteiger partial charge >= 0.3 is 12.0 Å². The molecule has 0 bridgehead atoms. The third kappa shape index (κ3) is 3.49. The van der Waals surface area contributed by atoms with Gasteiger partial charge in [-0.25, -0.2) is 15.0 Å². The van der Waals surface area contributed by atoms with Gasteiger partial charge in [0.2, 0.25) is 0 Å². The number of hydrogen-bond acceptors (Lipinski definition) is 5. The van der Waals surface area contributed by atoms with E-state index in [1.165, 1.54) is 31.5 Å². The van der Waals surface area contributed by atoms with Crippen molar-refractivity contribution in [3.63, 3.8) is 0 Å². The van der Waals surface area contributed by atoms with Crippen LogP contribution in [-0.4, -0.2) is 30.4 Å². The summed E-state index contributed by atoms with van der Waals surface area (Å²) in [5.74, 6) is -0.863. The lowest BCUT2D eigenvalue weighted by Crippen LogP contribution is -2.24. The number of rotatable bonds is 3. The van der Waals surface area contributed by atoms with Crippen molar-refractivity contribution in [1.29, 1.82) is 0 Å². The Morgan fingerprint density at radius 2 is 2.24 bits per heavy atom. The number of hydrogen-bond donors (Lipinski definition) is 3. The lowest BCUT2D eigenvalue weighted by atomic mass is 10.1. The number of nitrogens with zero attached hydrogens (tertiary/aromatic N) is 1. The summed E-state index contributed by atoms with van der Waals surface area (Å²) < 4.78 is 4.48. The van der Waals surface area contributed by atoms with Gasteiger partial charge in [-0.15, -0.1) is 0 Å². The zero-order chi connectivity index (χ0) is 12.8. The van der Waals surface area contributed by atoms with E-state index in [-0.39, 0.29) is 11.3 Å². The van der Waals surface area contributed by atoms with Crippen molar-refractivity contribution in [2.45, 2.75) is 0 Å². The highest BCUT2D eigenvalue weighted by Gasteiger charge is 2.11. The maximum absolute atomic E-state index is 11.3. The van der Waals surface area contributed by atoms with E-state index in [2.05, 4.69) is 9.84 Å². The van der Waals surface area contributed by atoms with Crippen molar-refractivity contribution >= 4 is 18.2 Å². The summed E-state index contributed by atoms with van der Waals surface area (Å²) in [5.41, 5.74) is 7.31. The van der Waals surface area contributed by atoms with Crippen LogP contribution in [0.3, 0.4) is 0 Å². The summed E-state index contributed by atoms with van der Waals surface area (Å²) >= 11 is 0. The molecule has 2 amide bonds. The van der Waals surface area contributed by atoms with Gasteiger partial charge in [0.15, 0.2) is 0 Å². The minimum Gasteiger partial charge on any atom is -0.507 e. The molecule has 0 saturated carbocycles. The average molecular weight is 237 g/mol. The molecular weight excluding hydrogens is 226 g/mol. The van der Waals surface area contributed by atoms with Crippen LogP contribution in [0.5, 0.6) is 5.75 Å². The molecule has 7 nitrogen and oxygen atoms in total. The molecule has 0 atom stereocenters. The van der Waals surface area contributed by atoms with Gasteiger partial charge in [0.05, 0.1) is 13.3 Å². The van der Waals surface area contributed by atoms with Crippen LogP contribution in [0.4, 0.5) is 4.79 Å². The number of urea groups is 1. The standard InChI is InChI=1S/C10H11N3O4/c1-17-9(15)7-4-6(2-3-8(7)14)5-12-13-10(11)16/h2-5,14H,1H3,(H3,11,13,16). The molecule has 4 N–H and O–H groups in total. The molecule has 0 aliphatic heterocycles. The molecule has 0 heterocycles. The van der Waals surface area contributed by atoms with Crippen LogP contribution in [0.1, 0.15) is 15.9 Å². The SMILES string of the molecule is COC(=O)c1cc(C=NNC(N)=O)ccc1O. The zero-order valence-electron chi connectivity index (χ0n) is 9.01. The van der Waals surface area contributed by atoms with Gasteiger partial charge in [-0.2, -0.15) is 5.10 Å². The number of methoxy groups -OCH3 is 1. The molecule has 0 spiro atoms. The number of benzene rings is 1. The molecule has 0 unspecified atom stereocenters. The Morgan fingerprint density at radius 1 is 1.53 bits per heavy atom. The molecular formula is C10H11N3O4. The molecule has 0 aliphatic rings. The van der Waals surface area contributed by atoms with E-state index in [1.54, 1.807) is 0 Å². The van der Waals surface area contributed by atoms with Crippen LogP contribution in [0, 0.1) is 0 Å². The highest BCUT2D eigenvalue weighted by Crippen LogP contribution is 2.18. The second-order valence-corrected chi connectivity index (χ2v) is 3.00. The van der Waals surface area contributed by atoms with Gasteiger partial charge < -0.3 is 15.6 Å². The Morgan fingerprint density at radius 3 is 2.82 bits per heavy atom. The minimum absolute atomic E-state index is 0.00975. The highest BCUT2D eigenvalue weighted by molar-refractivity contribution is 5.95. The molecule has 0 aliphatic carbocycles. The number of aromatic hydroxyl groups is 1. The lowest BCUT2D eigenvalue weighted by molar-refractivity contribution is 0.0597. The van der Waals surface area contributed by atoms with Gasteiger partial charge in [0.1, 0.15) is 11.3 Å². The summed E-state index contributed by atoms with van der Waals surface area (Å²) in [6.45, 7) is 0.